The number of aryl methyl sites for hydroxylation is 1. The van der Waals surface area contributed by atoms with Gasteiger partial charge in [-0.05, 0) is 32.4 Å². The van der Waals surface area contributed by atoms with E-state index in [2.05, 4.69) is 10.6 Å². The van der Waals surface area contributed by atoms with Crippen LogP contribution >= 0.6 is 0 Å². The van der Waals surface area contributed by atoms with Gasteiger partial charge in [-0.3, -0.25) is 0 Å². The molecule has 0 fully saturated rings. The molecular formula is C12H18N2O2. The second kappa shape index (κ2) is 4.99. The van der Waals surface area contributed by atoms with Crippen molar-refractivity contribution in [2.75, 3.05) is 11.9 Å². The first kappa shape index (κ1) is 12.5. The molecule has 3 N–H and O–H groups in total. The van der Waals surface area contributed by atoms with E-state index in [1.807, 2.05) is 31.2 Å². The minimum Gasteiger partial charge on any atom is -0.394 e. The van der Waals surface area contributed by atoms with Crippen molar-refractivity contribution >= 4 is 11.7 Å². The summed E-state index contributed by atoms with van der Waals surface area (Å²) in [6.45, 7) is 5.33. The number of anilines is 1. The third kappa shape index (κ3) is 3.55. The van der Waals surface area contributed by atoms with Crippen LogP contribution < -0.4 is 10.6 Å². The average molecular weight is 222 g/mol. The molecule has 0 spiro atoms. The van der Waals surface area contributed by atoms with Crippen molar-refractivity contribution < 1.29 is 9.90 Å². The number of carbonyl (C=O) groups excluding carboxylic acids is 1. The van der Waals surface area contributed by atoms with Crippen LogP contribution in [0.2, 0.25) is 0 Å². The molecule has 1 rings (SSSR count). The molecule has 16 heavy (non-hydrogen) atoms. The van der Waals surface area contributed by atoms with Crippen LogP contribution in [0.3, 0.4) is 0 Å². The van der Waals surface area contributed by atoms with Gasteiger partial charge in [0.05, 0.1) is 12.1 Å². The van der Waals surface area contributed by atoms with E-state index < -0.39 is 5.54 Å². The van der Waals surface area contributed by atoms with Crippen LogP contribution in [-0.4, -0.2) is 23.3 Å². The third-order valence-corrected chi connectivity index (χ3v) is 2.24. The van der Waals surface area contributed by atoms with Gasteiger partial charge in [-0.1, -0.05) is 18.2 Å². The standard InChI is InChI=1S/C12H18N2O2/c1-9-6-4-5-7-10(9)13-11(16)14-12(2,3)8-15/h4-7,15H,8H2,1-3H3,(H2,13,14,16). The largest absolute Gasteiger partial charge is 0.394 e. The molecule has 4 heteroatoms. The molecule has 2 amide bonds. The first-order chi connectivity index (χ1) is 7.44. The van der Waals surface area contributed by atoms with E-state index >= 15 is 0 Å². The van der Waals surface area contributed by atoms with Crippen LogP contribution in [0.1, 0.15) is 19.4 Å². The summed E-state index contributed by atoms with van der Waals surface area (Å²) in [5.74, 6) is 0. The highest BCUT2D eigenvalue weighted by Crippen LogP contribution is 2.13. The van der Waals surface area contributed by atoms with E-state index in [4.69, 9.17) is 5.11 Å². The molecule has 0 aliphatic heterocycles. The van der Waals surface area contributed by atoms with Crippen molar-refractivity contribution in [1.29, 1.82) is 0 Å². The van der Waals surface area contributed by atoms with Gasteiger partial charge < -0.3 is 15.7 Å². The van der Waals surface area contributed by atoms with Gasteiger partial charge in [-0.2, -0.15) is 0 Å². The Morgan fingerprint density at radius 1 is 1.38 bits per heavy atom. The predicted octanol–water partition coefficient (Wildman–Crippen LogP) is 1.89. The molecular weight excluding hydrogens is 204 g/mol. The molecule has 1 aromatic rings. The minimum atomic E-state index is -0.618. The average Bonchev–Trinajstić information content (AvgIpc) is 2.21. The molecule has 0 radical (unpaired) electrons. The van der Waals surface area contributed by atoms with Crippen LogP contribution in [-0.2, 0) is 0 Å². The van der Waals surface area contributed by atoms with Gasteiger partial charge >= 0.3 is 6.03 Å². The Labute approximate surface area is 95.7 Å². The predicted molar refractivity (Wildman–Crippen MR) is 64.5 cm³/mol. The second-order valence-corrected chi connectivity index (χ2v) is 4.44. The Morgan fingerprint density at radius 3 is 2.56 bits per heavy atom. The summed E-state index contributed by atoms with van der Waals surface area (Å²) in [6, 6.07) is 7.22. The summed E-state index contributed by atoms with van der Waals surface area (Å²) in [5.41, 5.74) is 1.15. The van der Waals surface area contributed by atoms with Crippen LogP contribution in [0.4, 0.5) is 10.5 Å². The van der Waals surface area contributed by atoms with Gasteiger partial charge in [0.15, 0.2) is 0 Å². The van der Waals surface area contributed by atoms with Gasteiger partial charge in [-0.15, -0.1) is 0 Å². The zero-order valence-corrected chi connectivity index (χ0v) is 9.87. The first-order valence-electron chi connectivity index (χ1n) is 5.20. The lowest BCUT2D eigenvalue weighted by molar-refractivity contribution is 0.187. The lowest BCUT2D eigenvalue weighted by atomic mass is 10.1. The molecule has 4 nitrogen and oxygen atoms in total. The SMILES string of the molecule is Cc1ccccc1NC(=O)NC(C)(C)CO. The highest BCUT2D eigenvalue weighted by Gasteiger charge is 2.19. The fraction of sp³-hybridized carbons (Fsp3) is 0.417. The molecule has 1 aromatic carbocycles. The maximum atomic E-state index is 11.6. The Balaban J connectivity index is 2.62. The smallest absolute Gasteiger partial charge is 0.319 e. The lowest BCUT2D eigenvalue weighted by Gasteiger charge is -2.23. The topological polar surface area (TPSA) is 61.4 Å². The monoisotopic (exact) mass is 222 g/mol. The molecule has 0 atom stereocenters. The van der Waals surface area contributed by atoms with E-state index in [-0.39, 0.29) is 12.6 Å². The van der Waals surface area contributed by atoms with Crippen molar-refractivity contribution in [2.45, 2.75) is 26.3 Å². The number of nitrogens with one attached hydrogen (secondary N) is 2. The zero-order valence-electron chi connectivity index (χ0n) is 9.87. The van der Waals surface area contributed by atoms with E-state index in [1.165, 1.54) is 0 Å². The summed E-state index contributed by atoms with van der Waals surface area (Å²) in [5, 5.41) is 14.4. The molecule has 0 aliphatic rings. The van der Waals surface area contributed by atoms with Gasteiger partial charge in [0.25, 0.3) is 0 Å². The number of benzene rings is 1. The number of para-hydroxylation sites is 1. The number of urea groups is 1. The Hall–Kier alpha value is -1.55. The summed E-state index contributed by atoms with van der Waals surface area (Å²) in [7, 11) is 0. The summed E-state index contributed by atoms with van der Waals surface area (Å²) in [4.78, 5) is 11.6. The van der Waals surface area contributed by atoms with Crippen molar-refractivity contribution in [3.63, 3.8) is 0 Å². The number of hydrogen-bond donors (Lipinski definition) is 3. The second-order valence-electron chi connectivity index (χ2n) is 4.44. The molecule has 0 bridgehead atoms. The van der Waals surface area contributed by atoms with Crippen LogP contribution in [0.5, 0.6) is 0 Å². The maximum absolute atomic E-state index is 11.6. The van der Waals surface area contributed by atoms with Crippen molar-refractivity contribution in [3.8, 4) is 0 Å². The summed E-state index contributed by atoms with van der Waals surface area (Å²) in [6.07, 6.45) is 0. The molecule has 0 saturated heterocycles. The highest BCUT2D eigenvalue weighted by atomic mass is 16.3. The lowest BCUT2D eigenvalue weighted by Crippen LogP contribution is -2.48. The molecule has 0 unspecified atom stereocenters. The maximum Gasteiger partial charge on any atom is 0.319 e. The van der Waals surface area contributed by atoms with Crippen molar-refractivity contribution in [2.24, 2.45) is 0 Å². The van der Waals surface area contributed by atoms with E-state index in [0.29, 0.717) is 0 Å². The number of hydrogen-bond acceptors (Lipinski definition) is 2. The van der Waals surface area contributed by atoms with Gasteiger partial charge in [0.2, 0.25) is 0 Å². The van der Waals surface area contributed by atoms with E-state index in [9.17, 15) is 4.79 Å². The van der Waals surface area contributed by atoms with Crippen LogP contribution in [0.15, 0.2) is 24.3 Å². The summed E-state index contributed by atoms with van der Waals surface area (Å²) < 4.78 is 0. The number of carbonyl (C=O) groups is 1. The highest BCUT2D eigenvalue weighted by molar-refractivity contribution is 5.90. The Morgan fingerprint density at radius 2 is 2.00 bits per heavy atom. The molecule has 0 aliphatic carbocycles. The molecule has 0 heterocycles. The fourth-order valence-corrected chi connectivity index (χ4v) is 1.21. The minimum absolute atomic E-state index is 0.103. The summed E-state index contributed by atoms with van der Waals surface area (Å²) >= 11 is 0. The van der Waals surface area contributed by atoms with Gasteiger partial charge in [0, 0.05) is 5.69 Å². The van der Waals surface area contributed by atoms with Gasteiger partial charge in [-0.25, -0.2) is 4.79 Å². The molecule has 0 aromatic heterocycles. The quantitative estimate of drug-likeness (QED) is 0.731. The zero-order chi connectivity index (χ0) is 12.2. The number of aliphatic hydroxyl groups excluding tert-OH is 1. The number of rotatable bonds is 3. The van der Waals surface area contributed by atoms with E-state index in [0.717, 1.165) is 11.3 Å². The van der Waals surface area contributed by atoms with Crippen LogP contribution in [0, 0.1) is 6.92 Å². The number of amides is 2. The van der Waals surface area contributed by atoms with E-state index in [1.54, 1.807) is 13.8 Å². The number of aliphatic hydroxyl groups is 1. The third-order valence-electron chi connectivity index (χ3n) is 2.24. The normalized spacial score (nSPS) is 11.0. The molecule has 88 valence electrons. The van der Waals surface area contributed by atoms with Crippen LogP contribution in [0.25, 0.3) is 0 Å². The van der Waals surface area contributed by atoms with Crippen molar-refractivity contribution in [1.82, 2.24) is 5.32 Å². The van der Waals surface area contributed by atoms with Crippen molar-refractivity contribution in [3.05, 3.63) is 29.8 Å². The fourth-order valence-electron chi connectivity index (χ4n) is 1.21. The Kier molecular flexibility index (Phi) is 3.90. The van der Waals surface area contributed by atoms with Gasteiger partial charge in [0.1, 0.15) is 0 Å². The Bertz CT molecular complexity index is 375. The first-order valence-corrected chi connectivity index (χ1v) is 5.20. The molecule has 0 saturated carbocycles.